The number of hydrogen-bond donors (Lipinski definition) is 0. The molecule has 0 N–H and O–H groups in total. The number of fused-ring (bicyclic) bond motifs is 12. The van der Waals surface area contributed by atoms with E-state index in [1.807, 2.05) is 0 Å². The molecule has 0 amide bonds. The molecular formula is C69H44. The van der Waals surface area contributed by atoms with Crippen molar-refractivity contribution in [2.24, 2.45) is 0 Å². The van der Waals surface area contributed by atoms with Crippen molar-refractivity contribution in [3.63, 3.8) is 0 Å². The Bertz CT molecular complexity index is 3820. The van der Waals surface area contributed by atoms with Crippen LogP contribution in [-0.4, -0.2) is 0 Å². The molecular weight excluding hydrogens is 829 g/mol. The minimum Gasteiger partial charge on any atom is -0.0622 e. The van der Waals surface area contributed by atoms with Gasteiger partial charge in [0.15, 0.2) is 0 Å². The van der Waals surface area contributed by atoms with E-state index in [2.05, 4.69) is 267 Å². The molecule has 0 heteroatoms. The third kappa shape index (κ3) is 6.02. The fourth-order valence-electron chi connectivity index (χ4n) is 12.1. The zero-order valence-electron chi connectivity index (χ0n) is 37.9. The molecule has 320 valence electrons. The third-order valence-electron chi connectivity index (χ3n) is 15.0. The molecule has 12 aromatic carbocycles. The van der Waals surface area contributed by atoms with E-state index in [-0.39, 0.29) is 0 Å². The van der Waals surface area contributed by atoms with Crippen LogP contribution in [0.5, 0.6) is 0 Å². The van der Waals surface area contributed by atoms with Gasteiger partial charge in [0.2, 0.25) is 0 Å². The number of rotatable bonds is 6. The van der Waals surface area contributed by atoms with Gasteiger partial charge in [-0.15, -0.1) is 0 Å². The molecule has 0 bridgehead atoms. The molecule has 0 aromatic heterocycles. The molecule has 0 saturated heterocycles. The van der Waals surface area contributed by atoms with Gasteiger partial charge in [0.25, 0.3) is 0 Å². The van der Waals surface area contributed by atoms with Crippen LogP contribution in [0.25, 0.3) is 111 Å². The Hall–Kier alpha value is -8.84. The van der Waals surface area contributed by atoms with Gasteiger partial charge >= 0.3 is 0 Å². The fourth-order valence-corrected chi connectivity index (χ4v) is 12.1. The topological polar surface area (TPSA) is 0 Å². The zero-order chi connectivity index (χ0) is 45.5. The summed E-state index contributed by atoms with van der Waals surface area (Å²) in [6, 6.07) is 99.8. The summed E-state index contributed by atoms with van der Waals surface area (Å²) in [7, 11) is 0. The molecule has 14 rings (SSSR count). The summed E-state index contributed by atoms with van der Waals surface area (Å²) in [6.07, 6.45) is 0. The molecule has 0 radical (unpaired) electrons. The lowest BCUT2D eigenvalue weighted by atomic mass is 9.70. The van der Waals surface area contributed by atoms with Crippen molar-refractivity contribution in [2.45, 2.75) is 5.41 Å². The van der Waals surface area contributed by atoms with Crippen molar-refractivity contribution in [1.29, 1.82) is 0 Å². The fraction of sp³-hybridized carbons (Fsp3) is 0.0145. The average molecular weight is 873 g/mol. The second-order valence-corrected chi connectivity index (χ2v) is 18.7. The third-order valence-corrected chi connectivity index (χ3v) is 15.0. The van der Waals surface area contributed by atoms with Crippen molar-refractivity contribution in [2.75, 3.05) is 0 Å². The molecule has 0 heterocycles. The van der Waals surface area contributed by atoms with Crippen LogP contribution in [0.1, 0.15) is 22.3 Å². The van der Waals surface area contributed by atoms with Crippen LogP contribution < -0.4 is 0 Å². The second kappa shape index (κ2) is 15.6. The molecule has 0 fully saturated rings. The molecule has 0 atom stereocenters. The SMILES string of the molecule is c1ccc(-c2cc(-c3ccccc3)cc(-c3c4ccccc4c(-c4cc(-c5ccccc5)cc(-c5ccccc5)c4)c4cc5c(cc34)-c3ccccc3C53c4ccccc4-c4ccccc43)c2)cc1. The average Bonchev–Trinajstić information content (AvgIpc) is 3.89. The monoisotopic (exact) mass is 872 g/mol. The Labute approximate surface area is 403 Å². The van der Waals surface area contributed by atoms with E-state index in [0.717, 1.165) is 0 Å². The first-order valence-corrected chi connectivity index (χ1v) is 24.1. The summed E-state index contributed by atoms with van der Waals surface area (Å²) in [4.78, 5) is 0. The summed E-state index contributed by atoms with van der Waals surface area (Å²) in [5, 5.41) is 4.94. The first-order valence-electron chi connectivity index (χ1n) is 24.1. The van der Waals surface area contributed by atoms with Crippen molar-refractivity contribution in [3.05, 3.63) is 289 Å². The first kappa shape index (κ1) is 39.3. The highest BCUT2D eigenvalue weighted by Gasteiger charge is 2.51. The molecule has 69 heavy (non-hydrogen) atoms. The van der Waals surface area contributed by atoms with Gasteiger partial charge in [-0.3, -0.25) is 0 Å². The van der Waals surface area contributed by atoms with Crippen LogP contribution in [0.15, 0.2) is 267 Å². The minimum absolute atomic E-state index is 0.495. The Morgan fingerprint density at radius 2 is 0.464 bits per heavy atom. The summed E-state index contributed by atoms with van der Waals surface area (Å²) in [5.74, 6) is 0. The predicted octanol–water partition coefficient (Wildman–Crippen LogP) is 18.3. The highest BCUT2D eigenvalue weighted by atomic mass is 14.5. The first-order chi connectivity index (χ1) is 34.2. The van der Waals surface area contributed by atoms with Gasteiger partial charge in [0.1, 0.15) is 0 Å². The maximum atomic E-state index is 2.62. The van der Waals surface area contributed by atoms with Crippen LogP contribution in [0, 0.1) is 0 Å². The van der Waals surface area contributed by atoms with Gasteiger partial charge in [-0.05, 0) is 181 Å². The Kier molecular flexibility index (Phi) is 8.91. The molecule has 0 saturated carbocycles. The maximum absolute atomic E-state index is 2.62. The number of hydrogen-bond acceptors (Lipinski definition) is 0. The number of benzene rings is 12. The van der Waals surface area contributed by atoms with Crippen LogP contribution in [-0.2, 0) is 5.41 Å². The highest BCUT2D eigenvalue weighted by Crippen LogP contribution is 2.64. The van der Waals surface area contributed by atoms with Crippen LogP contribution in [0.3, 0.4) is 0 Å². The molecule has 2 aliphatic carbocycles. The zero-order valence-corrected chi connectivity index (χ0v) is 37.9. The van der Waals surface area contributed by atoms with Crippen molar-refractivity contribution in [1.82, 2.24) is 0 Å². The van der Waals surface area contributed by atoms with E-state index in [1.165, 1.54) is 133 Å². The molecule has 0 unspecified atom stereocenters. The summed E-state index contributed by atoms with van der Waals surface area (Å²) >= 11 is 0. The van der Waals surface area contributed by atoms with E-state index >= 15 is 0 Å². The Balaban J connectivity index is 1.16. The molecule has 2 aliphatic rings. The quantitative estimate of drug-likeness (QED) is 0.146. The lowest BCUT2D eigenvalue weighted by molar-refractivity contribution is 0.795. The minimum atomic E-state index is -0.495. The molecule has 12 aromatic rings. The summed E-state index contributed by atoms with van der Waals surface area (Å²) in [5.41, 5.74) is 24.5. The molecule has 0 nitrogen and oxygen atoms in total. The van der Waals surface area contributed by atoms with Crippen molar-refractivity contribution >= 4 is 21.5 Å². The van der Waals surface area contributed by atoms with Crippen molar-refractivity contribution < 1.29 is 0 Å². The maximum Gasteiger partial charge on any atom is 0.0725 e. The standard InChI is InChI=1S/C69H44/c1-5-21-45(22-6-1)49-37-50(46-23-7-2-8-24-46)40-53(39-49)67-58-32-13-14-33-59(58)68(54-41-51(47-25-9-3-10-26-47)38-52(42-54)48-27-11-4-12-28-48)62-44-66-60(43-61(62)67)57-31-17-20-36-65(57)69(66)63-34-18-15-29-55(63)56-30-16-19-35-64(56)69/h1-44H. The normalized spacial score (nSPS) is 12.8. The lowest BCUT2D eigenvalue weighted by Crippen LogP contribution is -2.25. The van der Waals surface area contributed by atoms with E-state index < -0.39 is 5.41 Å². The smallest absolute Gasteiger partial charge is 0.0622 e. The highest BCUT2D eigenvalue weighted by molar-refractivity contribution is 6.23. The van der Waals surface area contributed by atoms with Crippen LogP contribution >= 0.6 is 0 Å². The second-order valence-electron chi connectivity index (χ2n) is 18.7. The summed E-state index contributed by atoms with van der Waals surface area (Å²) in [6.45, 7) is 0. The Morgan fingerprint density at radius 1 is 0.174 bits per heavy atom. The van der Waals surface area contributed by atoms with Crippen molar-refractivity contribution in [3.8, 4) is 89.0 Å². The Morgan fingerprint density at radius 3 is 0.841 bits per heavy atom. The predicted molar refractivity (Wildman–Crippen MR) is 290 cm³/mol. The van der Waals surface area contributed by atoms with E-state index in [4.69, 9.17) is 0 Å². The van der Waals surface area contributed by atoms with Gasteiger partial charge in [0, 0.05) is 0 Å². The van der Waals surface area contributed by atoms with E-state index in [0.29, 0.717) is 0 Å². The van der Waals surface area contributed by atoms with E-state index in [9.17, 15) is 0 Å². The van der Waals surface area contributed by atoms with Gasteiger partial charge < -0.3 is 0 Å². The largest absolute Gasteiger partial charge is 0.0725 e. The van der Waals surface area contributed by atoms with Crippen LogP contribution in [0.2, 0.25) is 0 Å². The lowest BCUT2D eigenvalue weighted by Gasteiger charge is -2.31. The van der Waals surface area contributed by atoms with Gasteiger partial charge in [0.05, 0.1) is 5.41 Å². The van der Waals surface area contributed by atoms with E-state index in [1.54, 1.807) is 0 Å². The van der Waals surface area contributed by atoms with Gasteiger partial charge in [-0.2, -0.15) is 0 Å². The molecule has 1 spiro atoms. The summed E-state index contributed by atoms with van der Waals surface area (Å²) < 4.78 is 0. The molecule has 0 aliphatic heterocycles. The van der Waals surface area contributed by atoms with Crippen LogP contribution in [0.4, 0.5) is 0 Å². The van der Waals surface area contributed by atoms with Gasteiger partial charge in [-0.25, -0.2) is 0 Å². The van der Waals surface area contributed by atoms with Gasteiger partial charge in [-0.1, -0.05) is 218 Å².